The van der Waals surface area contributed by atoms with E-state index in [1.165, 1.54) is 35.6 Å². The number of halogens is 3. The molecule has 1 aromatic heterocycles. The van der Waals surface area contributed by atoms with Gasteiger partial charge in [-0.1, -0.05) is 0 Å². The second kappa shape index (κ2) is 9.31. The van der Waals surface area contributed by atoms with Crippen LogP contribution in [0, 0.1) is 0 Å². The number of hydrogen-bond acceptors (Lipinski definition) is 5. The van der Waals surface area contributed by atoms with Gasteiger partial charge in [-0.2, -0.15) is 22.6 Å². The predicted molar refractivity (Wildman–Crippen MR) is 122 cm³/mol. The maximum Gasteiger partial charge on any atom is 0.435 e. The van der Waals surface area contributed by atoms with E-state index in [1.54, 1.807) is 0 Å². The van der Waals surface area contributed by atoms with E-state index in [-0.39, 0.29) is 28.0 Å². The van der Waals surface area contributed by atoms with Crippen molar-refractivity contribution in [2.75, 3.05) is 18.9 Å². The molecule has 2 heterocycles. The fourth-order valence-electron chi connectivity index (χ4n) is 3.86. The molecule has 34 heavy (non-hydrogen) atoms. The zero-order valence-electron chi connectivity index (χ0n) is 19.8. The van der Waals surface area contributed by atoms with Crippen LogP contribution in [0.2, 0.25) is 0 Å². The average molecular weight is 502 g/mol. The number of alkyl halides is 3. The largest absolute Gasteiger partial charge is 0.435 e. The third-order valence-electron chi connectivity index (χ3n) is 6.05. The molecule has 3 rings (SSSR count). The maximum absolute atomic E-state index is 13.4. The molecule has 1 atom stereocenters. The Morgan fingerprint density at radius 2 is 1.76 bits per heavy atom. The summed E-state index contributed by atoms with van der Waals surface area (Å²) < 4.78 is 67.8. The first-order valence-electron chi connectivity index (χ1n) is 10.9. The van der Waals surface area contributed by atoms with Crippen molar-refractivity contribution < 1.29 is 26.4 Å². The van der Waals surface area contributed by atoms with Gasteiger partial charge in [0, 0.05) is 30.9 Å². The van der Waals surface area contributed by atoms with Crippen LogP contribution in [-0.4, -0.2) is 58.6 Å². The quantitative estimate of drug-likeness (QED) is 0.671. The van der Waals surface area contributed by atoms with Crippen LogP contribution < -0.4 is 5.32 Å². The summed E-state index contributed by atoms with van der Waals surface area (Å²) in [5, 5.41) is 5.81. The van der Waals surface area contributed by atoms with Crippen LogP contribution in [0.15, 0.2) is 35.2 Å². The van der Waals surface area contributed by atoms with Crippen molar-refractivity contribution in [3.63, 3.8) is 0 Å². The Bertz CT molecular complexity index is 1140. The molecule has 188 valence electrons. The molecule has 2 aromatic rings. The summed E-state index contributed by atoms with van der Waals surface area (Å²) in [6, 6.07) is 6.27. The van der Waals surface area contributed by atoms with Gasteiger partial charge >= 0.3 is 6.18 Å². The highest BCUT2D eigenvalue weighted by atomic mass is 32.2. The van der Waals surface area contributed by atoms with E-state index in [9.17, 15) is 26.4 Å². The highest BCUT2D eigenvalue weighted by Gasteiger charge is 2.39. The Labute approximate surface area is 197 Å². The summed E-state index contributed by atoms with van der Waals surface area (Å²) in [4.78, 5) is 14.6. The van der Waals surface area contributed by atoms with Gasteiger partial charge in [-0.3, -0.25) is 14.4 Å². The van der Waals surface area contributed by atoms with Crippen molar-refractivity contribution in [2.45, 2.75) is 62.8 Å². The molecular weight excluding hydrogens is 471 g/mol. The maximum atomic E-state index is 13.4. The van der Waals surface area contributed by atoms with E-state index < -0.39 is 27.8 Å². The van der Waals surface area contributed by atoms with Crippen molar-refractivity contribution in [1.82, 2.24) is 19.0 Å². The molecule has 0 bridgehead atoms. The minimum atomic E-state index is -4.67. The zero-order valence-corrected chi connectivity index (χ0v) is 20.7. The summed E-state index contributed by atoms with van der Waals surface area (Å²) >= 11 is 0. The molecule has 1 aliphatic rings. The third-order valence-corrected chi connectivity index (χ3v) is 7.96. The number of nitrogens with zero attached hydrogens (tertiary/aromatic N) is 4. The van der Waals surface area contributed by atoms with E-state index in [4.69, 9.17) is 0 Å². The number of hydrogen-bond donors (Lipinski definition) is 1. The number of amides is 1. The van der Waals surface area contributed by atoms with Crippen LogP contribution in [0.5, 0.6) is 0 Å². The third kappa shape index (κ3) is 5.44. The SMILES string of the molecule is CN(C1CCCCN1S(=O)(=O)c1ccc(NC(=O)c2cc(C(F)(F)F)nn2C)cc1)C(C)(C)C. The van der Waals surface area contributed by atoms with E-state index in [1.807, 2.05) is 27.8 Å². The van der Waals surface area contributed by atoms with Crippen LogP contribution in [0.4, 0.5) is 18.9 Å². The predicted octanol–water partition coefficient (Wildman–Crippen LogP) is 3.92. The Kier molecular flexibility index (Phi) is 7.16. The first-order valence-corrected chi connectivity index (χ1v) is 12.3. The molecule has 1 fully saturated rings. The molecule has 0 aliphatic carbocycles. The number of rotatable bonds is 5. The van der Waals surface area contributed by atoms with Gasteiger partial charge < -0.3 is 5.32 Å². The number of benzene rings is 1. The number of sulfonamides is 1. The van der Waals surface area contributed by atoms with Crippen LogP contribution in [0.3, 0.4) is 0 Å². The number of nitrogens with one attached hydrogen (secondary N) is 1. The zero-order chi connectivity index (χ0) is 25.5. The number of anilines is 1. The number of carbonyl (C=O) groups excluding carboxylic acids is 1. The first kappa shape index (κ1) is 26.2. The van der Waals surface area contributed by atoms with Crippen molar-refractivity contribution in [2.24, 2.45) is 7.05 Å². The Morgan fingerprint density at radius 1 is 1.15 bits per heavy atom. The second-order valence-electron chi connectivity index (χ2n) is 9.39. The van der Waals surface area contributed by atoms with Crippen LogP contribution in [0.25, 0.3) is 0 Å². The van der Waals surface area contributed by atoms with Gasteiger partial charge in [0.05, 0.1) is 11.1 Å². The van der Waals surface area contributed by atoms with Gasteiger partial charge in [0.1, 0.15) is 5.69 Å². The summed E-state index contributed by atoms with van der Waals surface area (Å²) in [7, 11) is -0.638. The van der Waals surface area contributed by atoms with E-state index in [2.05, 4.69) is 15.3 Å². The topological polar surface area (TPSA) is 87.5 Å². The number of piperidine rings is 1. The second-order valence-corrected chi connectivity index (χ2v) is 11.3. The fourth-order valence-corrected chi connectivity index (χ4v) is 5.55. The molecule has 1 saturated heterocycles. The lowest BCUT2D eigenvalue weighted by Crippen LogP contribution is -2.57. The molecule has 0 saturated carbocycles. The van der Waals surface area contributed by atoms with Gasteiger partial charge in [-0.15, -0.1) is 0 Å². The standard InChI is InChI=1S/C22H30F3N5O3S/c1-21(2,3)28(4)19-8-6-7-13-30(19)34(32,33)16-11-9-15(10-12-16)26-20(31)17-14-18(22(23,24)25)27-29(17)5/h9-12,14,19H,6-8,13H2,1-5H3,(H,26,31). The van der Waals surface area contributed by atoms with Crippen LogP contribution >= 0.6 is 0 Å². The van der Waals surface area contributed by atoms with Crippen molar-refractivity contribution in [3.8, 4) is 0 Å². The molecule has 8 nitrogen and oxygen atoms in total. The molecule has 12 heteroatoms. The van der Waals surface area contributed by atoms with Gasteiger partial charge in [0.25, 0.3) is 5.91 Å². The first-order chi connectivity index (χ1) is 15.6. The highest BCUT2D eigenvalue weighted by Crippen LogP contribution is 2.31. The molecule has 0 spiro atoms. The molecule has 1 N–H and O–H groups in total. The van der Waals surface area contributed by atoms with E-state index in [0.29, 0.717) is 12.6 Å². The molecule has 1 aliphatic heterocycles. The highest BCUT2D eigenvalue weighted by molar-refractivity contribution is 7.89. The average Bonchev–Trinajstić information content (AvgIpc) is 3.15. The molecule has 0 radical (unpaired) electrons. The minimum absolute atomic E-state index is 0.0830. The Balaban J connectivity index is 1.79. The smallest absolute Gasteiger partial charge is 0.321 e. The van der Waals surface area contributed by atoms with Gasteiger partial charge in [-0.25, -0.2) is 8.42 Å². The van der Waals surface area contributed by atoms with Crippen molar-refractivity contribution in [3.05, 3.63) is 41.7 Å². The Morgan fingerprint density at radius 3 is 2.29 bits per heavy atom. The molecule has 1 amide bonds. The van der Waals surface area contributed by atoms with E-state index in [0.717, 1.165) is 23.9 Å². The normalized spacial score (nSPS) is 18.3. The molecule has 1 aromatic carbocycles. The van der Waals surface area contributed by atoms with Crippen LogP contribution in [-0.2, 0) is 23.2 Å². The lowest BCUT2D eigenvalue weighted by atomic mass is 10.0. The van der Waals surface area contributed by atoms with E-state index >= 15 is 0 Å². The lowest BCUT2D eigenvalue weighted by Gasteiger charge is -2.45. The summed E-state index contributed by atoms with van der Waals surface area (Å²) in [5.41, 5.74) is -1.41. The van der Waals surface area contributed by atoms with Gasteiger partial charge in [-0.05, 0) is 71.3 Å². The van der Waals surface area contributed by atoms with Gasteiger partial charge in [0.2, 0.25) is 10.0 Å². The van der Waals surface area contributed by atoms with Gasteiger partial charge in [0.15, 0.2) is 5.69 Å². The molecule has 1 unspecified atom stereocenters. The lowest BCUT2D eigenvalue weighted by molar-refractivity contribution is -0.141. The summed E-state index contributed by atoms with van der Waals surface area (Å²) in [6.07, 6.45) is -2.50. The Hall–Kier alpha value is -2.44. The number of aromatic nitrogens is 2. The number of aryl methyl sites for hydroxylation is 1. The number of carbonyl (C=O) groups is 1. The monoisotopic (exact) mass is 501 g/mol. The summed E-state index contributed by atoms with van der Waals surface area (Å²) in [5.74, 6) is -0.788. The summed E-state index contributed by atoms with van der Waals surface area (Å²) in [6.45, 7) is 6.51. The van der Waals surface area contributed by atoms with Crippen molar-refractivity contribution in [1.29, 1.82) is 0 Å². The fraction of sp³-hybridized carbons (Fsp3) is 0.545. The molecular formula is C22H30F3N5O3S. The minimum Gasteiger partial charge on any atom is -0.321 e. The van der Waals surface area contributed by atoms with Crippen LogP contribution in [0.1, 0.15) is 56.2 Å². The van der Waals surface area contributed by atoms with Crippen molar-refractivity contribution >= 4 is 21.6 Å².